The monoisotopic (exact) mass is 262 g/mol. The molecule has 1 aromatic rings. The van der Waals surface area contributed by atoms with Gasteiger partial charge >= 0.3 is 6.61 Å². The number of aliphatic hydroxyl groups is 1. The van der Waals surface area contributed by atoms with Gasteiger partial charge in [-0.25, -0.2) is 0 Å². The standard InChI is InChI=1S/C11H9ClF2O3/c12-9-1-2-10(17-11(13)14)8(4-9)3-7(5-15)6-16/h1-5,11,16H,6H2/b7-3+. The van der Waals surface area contributed by atoms with Crippen molar-refractivity contribution in [2.75, 3.05) is 6.61 Å². The zero-order valence-corrected chi connectivity index (χ0v) is 9.32. The molecule has 0 heterocycles. The molecular weight excluding hydrogens is 254 g/mol. The number of hydrogen-bond donors (Lipinski definition) is 1. The topological polar surface area (TPSA) is 46.5 Å². The Bertz CT molecular complexity index is 433. The summed E-state index contributed by atoms with van der Waals surface area (Å²) < 4.78 is 28.5. The number of benzene rings is 1. The third kappa shape index (κ3) is 4.13. The van der Waals surface area contributed by atoms with Gasteiger partial charge in [-0.15, -0.1) is 0 Å². The van der Waals surface area contributed by atoms with E-state index in [0.29, 0.717) is 11.3 Å². The molecule has 0 unspecified atom stereocenters. The van der Waals surface area contributed by atoms with E-state index in [9.17, 15) is 13.6 Å². The second-order valence-corrected chi connectivity index (χ2v) is 3.49. The SMILES string of the molecule is O=C/C(=C\c1cc(Cl)ccc1OC(F)F)CO. The van der Waals surface area contributed by atoms with Gasteiger partial charge in [0.05, 0.1) is 6.61 Å². The summed E-state index contributed by atoms with van der Waals surface area (Å²) in [5.41, 5.74) is 0.236. The Labute approximate surface area is 101 Å². The van der Waals surface area contributed by atoms with E-state index in [1.807, 2.05) is 0 Å². The fourth-order valence-electron chi connectivity index (χ4n) is 1.15. The van der Waals surface area contributed by atoms with Gasteiger partial charge < -0.3 is 9.84 Å². The number of hydrogen-bond acceptors (Lipinski definition) is 3. The normalized spacial score (nSPS) is 11.7. The first-order valence-corrected chi connectivity index (χ1v) is 4.95. The average molecular weight is 263 g/mol. The van der Waals surface area contributed by atoms with Gasteiger partial charge in [-0.2, -0.15) is 8.78 Å². The van der Waals surface area contributed by atoms with E-state index >= 15 is 0 Å². The number of ether oxygens (including phenoxy) is 1. The molecular formula is C11H9ClF2O3. The van der Waals surface area contributed by atoms with Crippen molar-refractivity contribution in [2.24, 2.45) is 0 Å². The lowest BCUT2D eigenvalue weighted by Crippen LogP contribution is -2.03. The molecule has 17 heavy (non-hydrogen) atoms. The summed E-state index contributed by atoms with van der Waals surface area (Å²) in [6.07, 6.45) is 1.66. The van der Waals surface area contributed by atoms with Crippen LogP contribution in [0, 0.1) is 0 Å². The van der Waals surface area contributed by atoms with Gasteiger partial charge in [-0.3, -0.25) is 4.79 Å². The Kier molecular flexibility index (Phi) is 5.06. The molecule has 1 N–H and O–H groups in total. The van der Waals surface area contributed by atoms with E-state index < -0.39 is 13.2 Å². The van der Waals surface area contributed by atoms with Gasteiger partial charge in [0.15, 0.2) is 0 Å². The summed E-state index contributed by atoms with van der Waals surface area (Å²) in [6, 6.07) is 4.01. The minimum absolute atomic E-state index is 0.0337. The van der Waals surface area contributed by atoms with Crippen LogP contribution in [0.25, 0.3) is 6.08 Å². The first-order valence-electron chi connectivity index (χ1n) is 4.57. The largest absolute Gasteiger partial charge is 0.434 e. The van der Waals surface area contributed by atoms with Crippen molar-refractivity contribution in [3.05, 3.63) is 34.4 Å². The van der Waals surface area contributed by atoms with Crippen molar-refractivity contribution < 1.29 is 23.4 Å². The fraction of sp³-hybridized carbons (Fsp3) is 0.182. The molecule has 0 amide bonds. The van der Waals surface area contributed by atoms with Gasteiger partial charge in [0.2, 0.25) is 0 Å². The number of alkyl halides is 2. The molecule has 3 nitrogen and oxygen atoms in total. The highest BCUT2D eigenvalue weighted by molar-refractivity contribution is 6.30. The molecule has 0 saturated heterocycles. The zero-order valence-electron chi connectivity index (χ0n) is 8.57. The minimum Gasteiger partial charge on any atom is -0.434 e. The maximum absolute atomic E-state index is 12.1. The highest BCUT2D eigenvalue weighted by Gasteiger charge is 2.09. The van der Waals surface area contributed by atoms with E-state index in [1.165, 1.54) is 24.3 Å². The molecule has 0 saturated carbocycles. The third-order valence-electron chi connectivity index (χ3n) is 1.86. The Morgan fingerprint density at radius 3 is 2.76 bits per heavy atom. The Balaban J connectivity index is 3.14. The lowest BCUT2D eigenvalue weighted by molar-refractivity contribution is -0.105. The fourth-order valence-corrected chi connectivity index (χ4v) is 1.33. The molecule has 0 atom stereocenters. The summed E-state index contributed by atoms with van der Waals surface area (Å²) in [7, 11) is 0. The summed E-state index contributed by atoms with van der Waals surface area (Å²) in [5, 5.41) is 9.11. The molecule has 0 aliphatic carbocycles. The molecule has 0 aromatic heterocycles. The van der Waals surface area contributed by atoms with E-state index in [-0.39, 0.29) is 16.9 Å². The molecule has 6 heteroatoms. The van der Waals surface area contributed by atoms with Crippen LogP contribution in [0.2, 0.25) is 5.02 Å². The number of carbonyl (C=O) groups is 1. The van der Waals surface area contributed by atoms with E-state index in [1.54, 1.807) is 0 Å². The first kappa shape index (κ1) is 13.6. The van der Waals surface area contributed by atoms with Crippen LogP contribution in [0.15, 0.2) is 23.8 Å². The van der Waals surface area contributed by atoms with Crippen molar-refractivity contribution in [3.63, 3.8) is 0 Å². The predicted molar refractivity (Wildman–Crippen MR) is 59.2 cm³/mol. The number of halogens is 3. The second kappa shape index (κ2) is 6.32. The molecule has 0 fully saturated rings. The molecule has 92 valence electrons. The lowest BCUT2D eigenvalue weighted by atomic mass is 10.1. The number of carbonyl (C=O) groups excluding carboxylic acids is 1. The maximum Gasteiger partial charge on any atom is 0.387 e. The molecule has 0 aliphatic rings. The van der Waals surface area contributed by atoms with Crippen LogP contribution in [0.3, 0.4) is 0 Å². The van der Waals surface area contributed by atoms with Gasteiger partial charge in [-0.1, -0.05) is 11.6 Å². The summed E-state index contributed by atoms with van der Waals surface area (Å²) in [5.74, 6) is -0.114. The van der Waals surface area contributed by atoms with Crippen LogP contribution < -0.4 is 4.74 Å². The van der Waals surface area contributed by atoms with Crippen molar-refractivity contribution in [1.82, 2.24) is 0 Å². The van der Waals surface area contributed by atoms with Crippen LogP contribution in [0.1, 0.15) is 5.56 Å². The zero-order chi connectivity index (χ0) is 12.8. The van der Waals surface area contributed by atoms with Gasteiger partial charge in [0.1, 0.15) is 12.0 Å². The summed E-state index contributed by atoms with van der Waals surface area (Å²) in [4.78, 5) is 10.5. The molecule has 0 radical (unpaired) electrons. The first-order chi connectivity index (χ1) is 8.06. The maximum atomic E-state index is 12.1. The lowest BCUT2D eigenvalue weighted by Gasteiger charge is -2.08. The second-order valence-electron chi connectivity index (χ2n) is 3.06. The summed E-state index contributed by atoms with van der Waals surface area (Å²) in [6.45, 7) is -3.47. The Morgan fingerprint density at radius 1 is 1.53 bits per heavy atom. The van der Waals surface area contributed by atoms with Gasteiger partial charge in [0, 0.05) is 16.2 Å². The van der Waals surface area contributed by atoms with E-state index in [4.69, 9.17) is 16.7 Å². The van der Waals surface area contributed by atoms with E-state index in [2.05, 4.69) is 4.74 Å². The van der Waals surface area contributed by atoms with Crippen molar-refractivity contribution >= 4 is 24.0 Å². The molecule has 1 rings (SSSR count). The van der Waals surface area contributed by atoms with Crippen molar-refractivity contribution in [1.29, 1.82) is 0 Å². The van der Waals surface area contributed by atoms with Gasteiger partial charge in [0.25, 0.3) is 0 Å². The highest BCUT2D eigenvalue weighted by Crippen LogP contribution is 2.26. The molecule has 0 bridgehead atoms. The van der Waals surface area contributed by atoms with Crippen LogP contribution in [0.5, 0.6) is 5.75 Å². The minimum atomic E-state index is -2.97. The van der Waals surface area contributed by atoms with Crippen LogP contribution >= 0.6 is 11.6 Å². The highest BCUT2D eigenvalue weighted by atomic mass is 35.5. The number of aldehydes is 1. The Morgan fingerprint density at radius 2 is 2.24 bits per heavy atom. The van der Waals surface area contributed by atoms with Crippen LogP contribution in [-0.4, -0.2) is 24.6 Å². The number of rotatable bonds is 5. The van der Waals surface area contributed by atoms with Crippen molar-refractivity contribution in [2.45, 2.75) is 6.61 Å². The smallest absolute Gasteiger partial charge is 0.387 e. The molecule has 1 aromatic carbocycles. The quantitative estimate of drug-likeness (QED) is 0.655. The van der Waals surface area contributed by atoms with Crippen LogP contribution in [0.4, 0.5) is 8.78 Å². The van der Waals surface area contributed by atoms with E-state index in [0.717, 1.165) is 0 Å². The van der Waals surface area contributed by atoms with Crippen molar-refractivity contribution in [3.8, 4) is 5.75 Å². The van der Waals surface area contributed by atoms with Crippen LogP contribution in [-0.2, 0) is 4.79 Å². The third-order valence-corrected chi connectivity index (χ3v) is 2.10. The Hall–Kier alpha value is -1.46. The average Bonchev–Trinajstić information content (AvgIpc) is 2.28. The number of aliphatic hydroxyl groups excluding tert-OH is 1. The summed E-state index contributed by atoms with van der Waals surface area (Å²) >= 11 is 5.70. The van der Waals surface area contributed by atoms with Gasteiger partial charge in [-0.05, 0) is 24.3 Å². The predicted octanol–water partition coefficient (Wildman–Crippen LogP) is 2.52. The molecule has 0 aliphatic heterocycles. The molecule has 0 spiro atoms.